The average Bonchev–Trinajstić information content (AvgIpc) is 3.24. The molecule has 8 aromatic carbocycles. The summed E-state index contributed by atoms with van der Waals surface area (Å²) in [6.07, 6.45) is 0. The van der Waals surface area contributed by atoms with E-state index in [1.165, 1.54) is 61.7 Å². The molecule has 8 aromatic rings. The van der Waals surface area contributed by atoms with Crippen molar-refractivity contribution in [1.82, 2.24) is 0 Å². The fraction of sp³-hybridized carbons (Fsp3) is 0.0588. The van der Waals surface area contributed by atoms with Gasteiger partial charge in [-0.15, -0.1) is 0 Å². The summed E-state index contributed by atoms with van der Waals surface area (Å²) in [6, 6.07) is 77.8. The van der Waals surface area contributed by atoms with Crippen LogP contribution in [-0.4, -0.2) is 0 Å². The Hall–Kier alpha value is -6.64. The first-order chi connectivity index (χ1) is 26.2. The number of anilines is 6. The smallest absolute Gasteiger partial charge is 0.0742 e. The first kappa shape index (κ1) is 31.1. The van der Waals surface area contributed by atoms with E-state index in [2.05, 4.69) is 229 Å². The average molecular weight is 679 g/mol. The minimum atomic E-state index is -0.486. The first-order valence-electron chi connectivity index (χ1n) is 18.5. The predicted molar refractivity (Wildman–Crippen MR) is 220 cm³/mol. The van der Waals surface area contributed by atoms with Gasteiger partial charge in [0.2, 0.25) is 0 Å². The van der Waals surface area contributed by atoms with E-state index < -0.39 is 5.41 Å². The third-order valence-corrected chi connectivity index (χ3v) is 11.6. The van der Waals surface area contributed by atoms with Gasteiger partial charge in [-0.3, -0.25) is 0 Å². The topological polar surface area (TPSA) is 6.48 Å². The standard InChI is InChI=1S/C51H38N2/c1-50(42-25-11-15-29-46(42)52(40-23-9-4-10-24-40)47-30-16-12-26-43(47)50)37-33-35-41(36-34-37)53-48-31-17-13-27-44(48)51(38-19-5-2-6-20-38,39-21-7-3-8-22-39)45-28-14-18-32-49(45)53/h2-36H,1H3. The summed E-state index contributed by atoms with van der Waals surface area (Å²) in [6.45, 7) is 2.39. The molecular formula is C51H38N2. The highest BCUT2D eigenvalue weighted by Crippen LogP contribution is 2.58. The van der Waals surface area contributed by atoms with Crippen LogP contribution in [0.1, 0.15) is 45.9 Å². The van der Waals surface area contributed by atoms with E-state index in [0.29, 0.717) is 0 Å². The highest BCUT2D eigenvalue weighted by atomic mass is 15.2. The zero-order valence-corrected chi connectivity index (χ0v) is 29.6. The van der Waals surface area contributed by atoms with Crippen LogP contribution in [0.15, 0.2) is 212 Å². The molecule has 0 N–H and O–H groups in total. The molecule has 2 heterocycles. The molecule has 10 rings (SSSR count). The molecule has 0 radical (unpaired) electrons. The predicted octanol–water partition coefficient (Wildman–Crippen LogP) is 13.0. The largest absolute Gasteiger partial charge is 0.310 e. The Morgan fingerprint density at radius 2 is 0.604 bits per heavy atom. The van der Waals surface area contributed by atoms with Crippen LogP contribution in [0.4, 0.5) is 34.1 Å². The zero-order chi connectivity index (χ0) is 35.4. The Balaban J connectivity index is 1.15. The number of para-hydroxylation sites is 5. The van der Waals surface area contributed by atoms with E-state index in [-0.39, 0.29) is 5.41 Å². The summed E-state index contributed by atoms with van der Waals surface area (Å²) < 4.78 is 0. The molecule has 0 aliphatic carbocycles. The van der Waals surface area contributed by atoms with Gasteiger partial charge in [0.05, 0.1) is 28.2 Å². The second-order valence-corrected chi connectivity index (χ2v) is 14.2. The second kappa shape index (κ2) is 12.3. The van der Waals surface area contributed by atoms with Gasteiger partial charge in [-0.25, -0.2) is 0 Å². The van der Waals surface area contributed by atoms with Gasteiger partial charge >= 0.3 is 0 Å². The molecule has 0 fully saturated rings. The Morgan fingerprint density at radius 3 is 1.04 bits per heavy atom. The molecule has 0 atom stereocenters. The van der Waals surface area contributed by atoms with Gasteiger partial charge in [-0.2, -0.15) is 0 Å². The van der Waals surface area contributed by atoms with Crippen molar-refractivity contribution in [1.29, 1.82) is 0 Å². The summed E-state index contributed by atoms with van der Waals surface area (Å²) in [5, 5.41) is 0. The maximum absolute atomic E-state index is 2.46. The van der Waals surface area contributed by atoms with Gasteiger partial charge in [0, 0.05) is 16.8 Å². The second-order valence-electron chi connectivity index (χ2n) is 14.2. The number of nitrogens with zero attached hydrogens (tertiary/aromatic N) is 2. The Bertz CT molecular complexity index is 2440. The molecular weight excluding hydrogens is 641 g/mol. The van der Waals surface area contributed by atoms with Gasteiger partial charge in [0.25, 0.3) is 0 Å². The summed E-state index contributed by atoms with van der Waals surface area (Å²) in [4.78, 5) is 4.87. The fourth-order valence-corrected chi connectivity index (χ4v) is 9.26. The number of hydrogen-bond donors (Lipinski definition) is 0. The molecule has 0 bridgehead atoms. The molecule has 2 nitrogen and oxygen atoms in total. The number of benzene rings is 8. The third-order valence-electron chi connectivity index (χ3n) is 11.6. The number of fused-ring (bicyclic) bond motifs is 4. The molecule has 0 saturated heterocycles. The third kappa shape index (κ3) is 4.52. The lowest BCUT2D eigenvalue weighted by molar-refractivity contribution is 0.681. The summed E-state index contributed by atoms with van der Waals surface area (Å²) >= 11 is 0. The monoisotopic (exact) mass is 678 g/mol. The van der Waals surface area contributed by atoms with Crippen molar-refractivity contribution >= 4 is 34.1 Å². The fourth-order valence-electron chi connectivity index (χ4n) is 9.26. The van der Waals surface area contributed by atoms with Crippen molar-refractivity contribution < 1.29 is 0 Å². The molecule has 2 aliphatic heterocycles. The lowest BCUT2D eigenvalue weighted by atomic mass is 9.62. The molecule has 2 heteroatoms. The van der Waals surface area contributed by atoms with Crippen LogP contribution in [0.3, 0.4) is 0 Å². The molecule has 53 heavy (non-hydrogen) atoms. The van der Waals surface area contributed by atoms with Crippen molar-refractivity contribution in [3.8, 4) is 0 Å². The zero-order valence-electron chi connectivity index (χ0n) is 29.6. The SMILES string of the molecule is CC1(c2ccc(N3c4ccccc4C(c4ccccc4)(c4ccccc4)c4ccccc43)cc2)c2ccccc2N(c2ccccc2)c2ccccc21. The van der Waals surface area contributed by atoms with Crippen LogP contribution in [0.2, 0.25) is 0 Å². The van der Waals surface area contributed by atoms with Crippen LogP contribution >= 0.6 is 0 Å². The Labute approximate surface area is 311 Å². The van der Waals surface area contributed by atoms with E-state index in [4.69, 9.17) is 0 Å². The van der Waals surface area contributed by atoms with Gasteiger partial charge < -0.3 is 9.80 Å². The van der Waals surface area contributed by atoms with E-state index >= 15 is 0 Å². The minimum Gasteiger partial charge on any atom is -0.310 e. The van der Waals surface area contributed by atoms with E-state index in [9.17, 15) is 0 Å². The normalized spacial score (nSPS) is 14.7. The van der Waals surface area contributed by atoms with Gasteiger partial charge in [0.15, 0.2) is 0 Å². The summed E-state index contributed by atoms with van der Waals surface area (Å²) in [5.41, 5.74) is 15.1. The maximum Gasteiger partial charge on any atom is 0.0742 e. The van der Waals surface area contributed by atoms with Gasteiger partial charge in [-0.1, -0.05) is 164 Å². The first-order valence-corrected chi connectivity index (χ1v) is 18.5. The summed E-state index contributed by atoms with van der Waals surface area (Å²) in [7, 11) is 0. The molecule has 0 amide bonds. The van der Waals surface area contributed by atoms with E-state index in [1.807, 2.05) is 0 Å². The Morgan fingerprint density at radius 1 is 0.283 bits per heavy atom. The van der Waals surface area contributed by atoms with Crippen LogP contribution < -0.4 is 9.80 Å². The Kier molecular flexibility index (Phi) is 7.19. The van der Waals surface area contributed by atoms with Crippen molar-refractivity contribution in [2.75, 3.05) is 9.80 Å². The van der Waals surface area contributed by atoms with Crippen LogP contribution in [0, 0.1) is 0 Å². The van der Waals surface area contributed by atoms with Crippen LogP contribution in [-0.2, 0) is 10.8 Å². The minimum absolute atomic E-state index is 0.371. The van der Waals surface area contributed by atoms with E-state index in [1.54, 1.807) is 0 Å². The molecule has 0 unspecified atom stereocenters. The number of hydrogen-bond acceptors (Lipinski definition) is 2. The van der Waals surface area contributed by atoms with Crippen LogP contribution in [0.5, 0.6) is 0 Å². The van der Waals surface area contributed by atoms with Crippen LogP contribution in [0.25, 0.3) is 0 Å². The highest BCUT2D eigenvalue weighted by molar-refractivity contribution is 5.90. The van der Waals surface area contributed by atoms with Crippen molar-refractivity contribution in [3.63, 3.8) is 0 Å². The molecule has 252 valence electrons. The van der Waals surface area contributed by atoms with Gasteiger partial charge in [0.1, 0.15) is 0 Å². The van der Waals surface area contributed by atoms with Crippen molar-refractivity contribution in [2.24, 2.45) is 0 Å². The molecule has 2 aliphatic rings. The number of rotatable bonds is 5. The lowest BCUT2D eigenvalue weighted by Gasteiger charge is -2.46. The highest BCUT2D eigenvalue weighted by Gasteiger charge is 2.46. The van der Waals surface area contributed by atoms with Crippen molar-refractivity contribution in [2.45, 2.75) is 17.8 Å². The lowest BCUT2D eigenvalue weighted by Crippen LogP contribution is -2.37. The van der Waals surface area contributed by atoms with Crippen molar-refractivity contribution in [3.05, 3.63) is 251 Å². The molecule has 0 saturated carbocycles. The summed E-state index contributed by atoms with van der Waals surface area (Å²) in [5.74, 6) is 0. The quantitative estimate of drug-likeness (QED) is 0.179. The van der Waals surface area contributed by atoms with E-state index in [0.717, 1.165) is 11.4 Å². The maximum atomic E-state index is 2.46. The molecule has 0 aromatic heterocycles. The van der Waals surface area contributed by atoms with Gasteiger partial charge in [-0.05, 0) is 94.4 Å². The molecule has 0 spiro atoms.